The molecule has 0 saturated carbocycles. The Hall–Kier alpha value is -3.50. The van der Waals surface area contributed by atoms with Gasteiger partial charge in [0.2, 0.25) is 11.8 Å². The molecule has 1 aliphatic heterocycles. The van der Waals surface area contributed by atoms with Crippen molar-refractivity contribution in [3.8, 4) is 0 Å². The number of carbonyl (C=O) groups is 5. The minimum absolute atomic E-state index is 0.0507. The third-order valence-corrected chi connectivity index (χ3v) is 6.89. The summed E-state index contributed by atoms with van der Waals surface area (Å²) in [6.07, 6.45) is 0.535. The maximum Gasteiger partial charge on any atom is 0.327 e. The predicted molar refractivity (Wildman–Crippen MR) is 145 cm³/mol. The largest absolute Gasteiger partial charge is 0.480 e. The number of carbonyl (C=O) groups excluding carboxylic acids is 4. The van der Waals surface area contributed by atoms with Gasteiger partial charge in [-0.05, 0) is 42.9 Å². The molecule has 0 saturated heterocycles. The Kier molecular flexibility index (Phi) is 9.82. The van der Waals surface area contributed by atoms with Crippen LogP contribution >= 0.6 is 12.6 Å². The summed E-state index contributed by atoms with van der Waals surface area (Å²) in [5.74, 6) is -3.64. The van der Waals surface area contributed by atoms with Gasteiger partial charge in [-0.25, -0.2) is 4.79 Å². The van der Waals surface area contributed by atoms with E-state index < -0.39 is 46.9 Å². The molecule has 1 aliphatic rings. The van der Waals surface area contributed by atoms with Crippen molar-refractivity contribution in [1.82, 2.24) is 9.80 Å². The molecule has 38 heavy (non-hydrogen) atoms. The molecule has 0 aliphatic carbocycles. The molecule has 0 spiro atoms. The quantitative estimate of drug-likeness (QED) is 0.279. The van der Waals surface area contributed by atoms with Crippen LogP contribution < -0.4 is 5.73 Å². The first kappa shape index (κ1) is 29.1. The lowest BCUT2D eigenvalue weighted by molar-refractivity contribution is -0.158. The Bertz CT molecular complexity index is 1170. The van der Waals surface area contributed by atoms with E-state index in [1.165, 1.54) is 0 Å². The van der Waals surface area contributed by atoms with E-state index in [1.54, 1.807) is 54.6 Å². The SMILES string of the molecule is CC(C)CC(N)C(=O)N(C(=O)C(S)CCCN1C(=O)c2ccccc2C1=O)C(Cc1ccccc1)C(=O)O. The summed E-state index contributed by atoms with van der Waals surface area (Å²) in [5, 5.41) is 8.97. The second-order valence-corrected chi connectivity index (χ2v) is 10.4. The first-order valence-electron chi connectivity index (χ1n) is 12.5. The maximum atomic E-state index is 13.5. The average molecular weight is 540 g/mol. The van der Waals surface area contributed by atoms with Crippen molar-refractivity contribution in [2.24, 2.45) is 11.7 Å². The molecule has 202 valence electrons. The number of imide groups is 2. The van der Waals surface area contributed by atoms with Gasteiger partial charge in [0.25, 0.3) is 11.8 Å². The fourth-order valence-electron chi connectivity index (χ4n) is 4.50. The topological polar surface area (TPSA) is 138 Å². The number of carboxylic acid groups (broad SMARTS) is 1. The number of benzene rings is 2. The Morgan fingerprint density at radius 3 is 2.03 bits per heavy atom. The zero-order chi connectivity index (χ0) is 28.0. The first-order valence-corrected chi connectivity index (χ1v) is 13.1. The highest BCUT2D eigenvalue weighted by atomic mass is 32.1. The number of thiol groups is 1. The first-order chi connectivity index (χ1) is 18.0. The number of carboxylic acids is 1. The van der Waals surface area contributed by atoms with Gasteiger partial charge in [0, 0.05) is 13.0 Å². The molecular weight excluding hydrogens is 506 g/mol. The van der Waals surface area contributed by atoms with Crippen molar-refractivity contribution in [3.63, 3.8) is 0 Å². The monoisotopic (exact) mass is 539 g/mol. The van der Waals surface area contributed by atoms with Crippen molar-refractivity contribution in [3.05, 3.63) is 71.3 Å². The van der Waals surface area contributed by atoms with E-state index >= 15 is 0 Å². The molecule has 3 rings (SSSR count). The third kappa shape index (κ3) is 6.68. The van der Waals surface area contributed by atoms with Crippen LogP contribution in [0.1, 0.15) is 59.4 Å². The van der Waals surface area contributed by atoms with Crippen molar-refractivity contribution in [2.75, 3.05) is 6.54 Å². The van der Waals surface area contributed by atoms with E-state index in [0.29, 0.717) is 16.7 Å². The van der Waals surface area contributed by atoms with E-state index in [0.717, 1.165) is 9.80 Å². The number of rotatable bonds is 12. The fraction of sp³-hybridized carbons (Fsp3) is 0.393. The minimum Gasteiger partial charge on any atom is -0.480 e. The molecule has 3 atom stereocenters. The molecule has 9 nitrogen and oxygen atoms in total. The van der Waals surface area contributed by atoms with E-state index in [-0.39, 0.29) is 38.1 Å². The van der Waals surface area contributed by atoms with Crippen LogP contribution in [0, 0.1) is 5.92 Å². The number of aliphatic carboxylic acids is 1. The van der Waals surface area contributed by atoms with Gasteiger partial charge in [-0.15, -0.1) is 0 Å². The number of amides is 4. The number of nitrogens with two attached hydrogens (primary N) is 1. The molecule has 3 N–H and O–H groups in total. The van der Waals surface area contributed by atoms with E-state index in [2.05, 4.69) is 12.6 Å². The molecule has 0 aromatic heterocycles. The highest BCUT2D eigenvalue weighted by molar-refractivity contribution is 7.81. The zero-order valence-electron chi connectivity index (χ0n) is 21.4. The fourth-order valence-corrected chi connectivity index (χ4v) is 4.81. The normalized spacial score (nSPS) is 15.2. The van der Waals surface area contributed by atoms with E-state index in [9.17, 15) is 29.1 Å². The van der Waals surface area contributed by atoms with Crippen LogP contribution in [0.5, 0.6) is 0 Å². The van der Waals surface area contributed by atoms with Crippen LogP contribution in [0.2, 0.25) is 0 Å². The van der Waals surface area contributed by atoms with Gasteiger partial charge >= 0.3 is 5.97 Å². The molecule has 0 bridgehead atoms. The Morgan fingerprint density at radius 1 is 0.947 bits per heavy atom. The minimum atomic E-state index is -1.47. The molecule has 2 aromatic rings. The van der Waals surface area contributed by atoms with Gasteiger partial charge in [-0.1, -0.05) is 56.3 Å². The summed E-state index contributed by atoms with van der Waals surface area (Å²) in [7, 11) is 0. The van der Waals surface area contributed by atoms with Crippen LogP contribution in [0.4, 0.5) is 0 Å². The number of nitrogens with zero attached hydrogens (tertiary/aromatic N) is 2. The zero-order valence-corrected chi connectivity index (χ0v) is 22.3. The number of hydrogen-bond acceptors (Lipinski definition) is 7. The van der Waals surface area contributed by atoms with Gasteiger partial charge in [0.05, 0.1) is 22.4 Å². The summed E-state index contributed by atoms with van der Waals surface area (Å²) in [5.41, 5.74) is 7.40. The highest BCUT2D eigenvalue weighted by Crippen LogP contribution is 2.24. The molecule has 1 heterocycles. The van der Waals surface area contributed by atoms with Crippen molar-refractivity contribution in [1.29, 1.82) is 0 Å². The summed E-state index contributed by atoms with van der Waals surface area (Å²) in [4.78, 5) is 66.2. The van der Waals surface area contributed by atoms with Crippen LogP contribution in [0.15, 0.2) is 54.6 Å². The highest BCUT2D eigenvalue weighted by Gasteiger charge is 2.40. The molecule has 3 unspecified atom stereocenters. The second kappa shape index (κ2) is 12.8. The Morgan fingerprint density at radius 2 is 1.50 bits per heavy atom. The Balaban J connectivity index is 1.75. The lowest BCUT2D eigenvalue weighted by atomic mass is 9.99. The average Bonchev–Trinajstić information content (AvgIpc) is 3.13. The van der Waals surface area contributed by atoms with Crippen molar-refractivity contribution in [2.45, 2.75) is 56.9 Å². The lowest BCUT2D eigenvalue weighted by Crippen LogP contribution is -2.57. The molecule has 10 heteroatoms. The third-order valence-electron chi connectivity index (χ3n) is 6.41. The second-order valence-electron chi connectivity index (χ2n) is 9.79. The predicted octanol–water partition coefficient (Wildman–Crippen LogP) is 2.79. The molecular formula is C28H33N3O6S. The maximum absolute atomic E-state index is 13.5. The molecule has 2 aromatic carbocycles. The molecule has 4 amide bonds. The Labute approximate surface area is 227 Å². The van der Waals surface area contributed by atoms with Gasteiger partial charge in [0.1, 0.15) is 6.04 Å². The smallest absolute Gasteiger partial charge is 0.327 e. The van der Waals surface area contributed by atoms with Gasteiger partial charge in [0.15, 0.2) is 0 Å². The summed E-state index contributed by atoms with van der Waals surface area (Å²) < 4.78 is 0. The number of fused-ring (bicyclic) bond motifs is 1. The van der Waals surface area contributed by atoms with Gasteiger partial charge in [-0.2, -0.15) is 12.6 Å². The lowest BCUT2D eigenvalue weighted by Gasteiger charge is -2.32. The van der Waals surface area contributed by atoms with Crippen LogP contribution in [0.3, 0.4) is 0 Å². The van der Waals surface area contributed by atoms with Gasteiger partial charge in [-0.3, -0.25) is 29.0 Å². The van der Waals surface area contributed by atoms with Crippen molar-refractivity contribution >= 4 is 42.2 Å². The van der Waals surface area contributed by atoms with Crippen molar-refractivity contribution < 1.29 is 29.1 Å². The van der Waals surface area contributed by atoms with E-state index in [4.69, 9.17) is 5.73 Å². The number of hydrogen-bond donors (Lipinski definition) is 3. The summed E-state index contributed by atoms with van der Waals surface area (Å²) >= 11 is 4.39. The molecule has 0 fully saturated rings. The van der Waals surface area contributed by atoms with Crippen LogP contribution in [-0.4, -0.2) is 68.4 Å². The van der Waals surface area contributed by atoms with E-state index in [1.807, 2.05) is 13.8 Å². The van der Waals surface area contributed by atoms with Gasteiger partial charge < -0.3 is 10.8 Å². The summed E-state index contributed by atoms with van der Waals surface area (Å²) in [6, 6.07) is 12.7. The van der Waals surface area contributed by atoms with Crippen LogP contribution in [0.25, 0.3) is 0 Å². The molecule has 0 radical (unpaired) electrons. The van der Waals surface area contributed by atoms with Crippen LogP contribution in [-0.2, 0) is 20.8 Å². The summed E-state index contributed by atoms with van der Waals surface area (Å²) in [6.45, 7) is 3.81. The standard InChI is InChI=1S/C28H33N3O6S/c1-17(2)15-21(29)26(34)31(22(28(36)37)16-18-9-4-3-5-10-18)27(35)23(38)13-8-14-30-24(32)19-11-6-7-12-20(19)25(30)33/h3-7,9-12,17,21-23,38H,8,13-16,29H2,1-2H3,(H,36,37).